The largest absolute Gasteiger partial charge is 0.394 e. The SMILES string of the molecule is CCC(N)c1cccc(S(=O)(=O)N2CCOC(CO)C2)c1. The van der Waals surface area contributed by atoms with E-state index in [-0.39, 0.29) is 24.1 Å². The predicted octanol–water partition coefficient (Wildman–Crippen LogP) is 0.478. The third-order valence-electron chi connectivity index (χ3n) is 3.67. The Morgan fingerprint density at radius 2 is 2.29 bits per heavy atom. The van der Waals surface area contributed by atoms with Crippen LogP contribution in [0.3, 0.4) is 0 Å². The van der Waals surface area contributed by atoms with Crippen molar-refractivity contribution in [3.8, 4) is 0 Å². The molecular formula is C14H22N2O4S. The average Bonchev–Trinajstić information content (AvgIpc) is 2.54. The molecule has 0 saturated carbocycles. The maximum atomic E-state index is 12.7. The van der Waals surface area contributed by atoms with Crippen molar-refractivity contribution in [2.45, 2.75) is 30.4 Å². The lowest BCUT2D eigenvalue weighted by Crippen LogP contribution is -2.46. The maximum absolute atomic E-state index is 12.7. The van der Waals surface area contributed by atoms with Gasteiger partial charge in [-0.05, 0) is 24.1 Å². The second-order valence-electron chi connectivity index (χ2n) is 5.13. The van der Waals surface area contributed by atoms with E-state index in [9.17, 15) is 8.42 Å². The lowest BCUT2D eigenvalue weighted by molar-refractivity contribution is -0.0304. The van der Waals surface area contributed by atoms with Gasteiger partial charge in [0.05, 0.1) is 24.2 Å². The van der Waals surface area contributed by atoms with Crippen LogP contribution >= 0.6 is 0 Å². The summed E-state index contributed by atoms with van der Waals surface area (Å²) in [5.74, 6) is 0. The van der Waals surface area contributed by atoms with Crippen LogP contribution in [0.1, 0.15) is 24.9 Å². The Labute approximate surface area is 125 Å². The zero-order valence-corrected chi connectivity index (χ0v) is 12.9. The predicted molar refractivity (Wildman–Crippen MR) is 79.2 cm³/mol. The van der Waals surface area contributed by atoms with E-state index in [4.69, 9.17) is 15.6 Å². The van der Waals surface area contributed by atoms with Crippen LogP contribution in [0, 0.1) is 0 Å². The Morgan fingerprint density at radius 3 is 2.95 bits per heavy atom. The fourth-order valence-corrected chi connectivity index (χ4v) is 3.82. The molecule has 118 valence electrons. The molecule has 0 bridgehead atoms. The molecule has 1 aromatic rings. The number of nitrogens with zero attached hydrogens (tertiary/aromatic N) is 1. The monoisotopic (exact) mass is 314 g/mol. The lowest BCUT2D eigenvalue weighted by Gasteiger charge is -2.31. The minimum Gasteiger partial charge on any atom is -0.394 e. The molecule has 1 aromatic carbocycles. The van der Waals surface area contributed by atoms with Crippen LogP contribution in [0.2, 0.25) is 0 Å². The Kier molecular flexibility index (Phi) is 5.34. The Hall–Kier alpha value is -0.990. The number of ether oxygens (including phenoxy) is 1. The fraction of sp³-hybridized carbons (Fsp3) is 0.571. The number of sulfonamides is 1. The number of hydrogen-bond acceptors (Lipinski definition) is 5. The zero-order valence-electron chi connectivity index (χ0n) is 12.1. The molecule has 0 aliphatic carbocycles. The summed E-state index contributed by atoms with van der Waals surface area (Å²) < 4.78 is 32.0. The molecule has 1 saturated heterocycles. The fourth-order valence-electron chi connectivity index (χ4n) is 2.31. The van der Waals surface area contributed by atoms with Crippen LogP contribution < -0.4 is 5.73 Å². The first-order chi connectivity index (χ1) is 9.98. The van der Waals surface area contributed by atoms with Crippen molar-refractivity contribution < 1.29 is 18.3 Å². The number of aliphatic hydroxyl groups is 1. The van der Waals surface area contributed by atoms with E-state index in [1.165, 1.54) is 4.31 Å². The summed E-state index contributed by atoms with van der Waals surface area (Å²) in [6, 6.07) is 6.58. The highest BCUT2D eigenvalue weighted by Crippen LogP contribution is 2.22. The van der Waals surface area contributed by atoms with Crippen molar-refractivity contribution in [3.63, 3.8) is 0 Å². The highest BCUT2D eigenvalue weighted by atomic mass is 32.2. The summed E-state index contributed by atoms with van der Waals surface area (Å²) in [5.41, 5.74) is 6.78. The van der Waals surface area contributed by atoms with Crippen molar-refractivity contribution >= 4 is 10.0 Å². The molecule has 2 atom stereocenters. The Balaban J connectivity index is 2.27. The summed E-state index contributed by atoms with van der Waals surface area (Å²) in [4.78, 5) is 0.238. The molecule has 6 nitrogen and oxygen atoms in total. The smallest absolute Gasteiger partial charge is 0.243 e. The first-order valence-corrected chi connectivity index (χ1v) is 8.51. The standard InChI is InChI=1S/C14H22N2O4S/c1-2-14(15)11-4-3-5-13(8-11)21(18,19)16-6-7-20-12(9-16)10-17/h3-5,8,12,14,17H,2,6-7,9-10,15H2,1H3. The van der Waals surface area contributed by atoms with Gasteiger partial charge in [-0.1, -0.05) is 19.1 Å². The number of rotatable bonds is 5. The first kappa shape index (κ1) is 16.4. The van der Waals surface area contributed by atoms with Crippen LogP contribution in [-0.4, -0.2) is 50.2 Å². The van der Waals surface area contributed by atoms with Gasteiger partial charge in [-0.3, -0.25) is 0 Å². The number of morpholine rings is 1. The summed E-state index contributed by atoms with van der Waals surface area (Å²) in [5, 5.41) is 9.13. The molecule has 1 aliphatic rings. The van der Waals surface area contributed by atoms with E-state index in [2.05, 4.69) is 0 Å². The Morgan fingerprint density at radius 1 is 1.52 bits per heavy atom. The van der Waals surface area contributed by atoms with E-state index >= 15 is 0 Å². The van der Waals surface area contributed by atoms with Gasteiger partial charge in [-0.2, -0.15) is 4.31 Å². The molecule has 0 radical (unpaired) electrons. The lowest BCUT2D eigenvalue weighted by atomic mass is 10.1. The normalized spacial score (nSPS) is 22.1. The molecule has 1 fully saturated rings. The van der Waals surface area contributed by atoms with E-state index in [0.717, 1.165) is 12.0 Å². The van der Waals surface area contributed by atoms with Gasteiger partial charge in [-0.25, -0.2) is 8.42 Å². The van der Waals surface area contributed by atoms with Crippen LogP contribution in [0.15, 0.2) is 29.2 Å². The number of aliphatic hydroxyl groups excluding tert-OH is 1. The summed E-state index contributed by atoms with van der Waals surface area (Å²) in [6.07, 6.45) is 0.280. The first-order valence-electron chi connectivity index (χ1n) is 7.07. The van der Waals surface area contributed by atoms with E-state index in [1.54, 1.807) is 18.2 Å². The maximum Gasteiger partial charge on any atom is 0.243 e. The van der Waals surface area contributed by atoms with Crippen LogP contribution in [-0.2, 0) is 14.8 Å². The number of benzene rings is 1. The second kappa shape index (κ2) is 6.85. The molecule has 0 spiro atoms. The van der Waals surface area contributed by atoms with Crippen molar-refractivity contribution in [3.05, 3.63) is 29.8 Å². The van der Waals surface area contributed by atoms with Crippen molar-refractivity contribution in [1.82, 2.24) is 4.31 Å². The topological polar surface area (TPSA) is 92.9 Å². The van der Waals surface area contributed by atoms with Gasteiger partial charge in [0.15, 0.2) is 0 Å². The molecule has 21 heavy (non-hydrogen) atoms. The van der Waals surface area contributed by atoms with Crippen molar-refractivity contribution in [1.29, 1.82) is 0 Å². The number of nitrogens with two attached hydrogens (primary N) is 1. The van der Waals surface area contributed by atoms with Crippen LogP contribution in [0.4, 0.5) is 0 Å². The zero-order chi connectivity index (χ0) is 15.5. The average molecular weight is 314 g/mol. The second-order valence-corrected chi connectivity index (χ2v) is 7.06. The van der Waals surface area contributed by atoms with Crippen molar-refractivity contribution in [2.24, 2.45) is 5.73 Å². The summed E-state index contributed by atoms with van der Waals surface area (Å²) in [6.45, 7) is 2.52. The van der Waals surface area contributed by atoms with E-state index < -0.39 is 16.1 Å². The molecule has 1 aliphatic heterocycles. The van der Waals surface area contributed by atoms with Gasteiger partial charge in [0.1, 0.15) is 0 Å². The Bertz CT molecular complexity index is 576. The highest BCUT2D eigenvalue weighted by molar-refractivity contribution is 7.89. The molecular weight excluding hydrogens is 292 g/mol. The third-order valence-corrected chi connectivity index (χ3v) is 5.53. The molecule has 0 aromatic heterocycles. The number of hydrogen-bond donors (Lipinski definition) is 2. The molecule has 2 rings (SSSR count). The van der Waals surface area contributed by atoms with Gasteiger partial charge in [0.25, 0.3) is 0 Å². The van der Waals surface area contributed by atoms with Crippen LogP contribution in [0.5, 0.6) is 0 Å². The summed E-state index contributed by atoms with van der Waals surface area (Å²) in [7, 11) is -3.58. The van der Waals surface area contributed by atoms with Gasteiger partial charge in [-0.15, -0.1) is 0 Å². The third kappa shape index (κ3) is 3.61. The van der Waals surface area contributed by atoms with E-state index in [1.807, 2.05) is 13.0 Å². The molecule has 3 N–H and O–H groups in total. The van der Waals surface area contributed by atoms with E-state index in [0.29, 0.717) is 13.2 Å². The minimum absolute atomic E-state index is 0.170. The molecule has 7 heteroatoms. The molecule has 2 unspecified atom stereocenters. The van der Waals surface area contributed by atoms with Gasteiger partial charge >= 0.3 is 0 Å². The molecule has 1 heterocycles. The van der Waals surface area contributed by atoms with Crippen molar-refractivity contribution in [2.75, 3.05) is 26.3 Å². The van der Waals surface area contributed by atoms with Gasteiger partial charge < -0.3 is 15.6 Å². The highest BCUT2D eigenvalue weighted by Gasteiger charge is 2.30. The minimum atomic E-state index is -3.58. The quantitative estimate of drug-likeness (QED) is 0.824. The van der Waals surface area contributed by atoms with Gasteiger partial charge in [0, 0.05) is 19.1 Å². The molecule has 0 amide bonds. The van der Waals surface area contributed by atoms with Crippen LogP contribution in [0.25, 0.3) is 0 Å². The van der Waals surface area contributed by atoms with Gasteiger partial charge in [0.2, 0.25) is 10.0 Å². The summed E-state index contributed by atoms with van der Waals surface area (Å²) >= 11 is 0.